The van der Waals surface area contributed by atoms with Crippen molar-refractivity contribution in [2.24, 2.45) is 0 Å². The van der Waals surface area contributed by atoms with Gasteiger partial charge in [-0.15, -0.1) is 0 Å². The fraction of sp³-hybridized carbons (Fsp3) is 0.533. The molecular weight excluding hydrogens is 252 g/mol. The van der Waals surface area contributed by atoms with Crippen LogP contribution in [0, 0.1) is 0 Å². The third-order valence-corrected chi connectivity index (χ3v) is 4.01. The first-order chi connectivity index (χ1) is 9.85. The van der Waals surface area contributed by atoms with Crippen molar-refractivity contribution in [3.8, 4) is 0 Å². The Labute approximate surface area is 119 Å². The van der Waals surface area contributed by atoms with E-state index in [4.69, 9.17) is 4.98 Å². The summed E-state index contributed by atoms with van der Waals surface area (Å²) in [7, 11) is 0. The number of nitrogens with one attached hydrogen (secondary N) is 1. The molecule has 0 bridgehead atoms. The molecule has 2 aromatic heterocycles. The summed E-state index contributed by atoms with van der Waals surface area (Å²) in [5.74, 6) is 1.02. The third-order valence-electron chi connectivity index (χ3n) is 4.01. The summed E-state index contributed by atoms with van der Waals surface area (Å²) in [6, 6.07) is 6.28. The Balaban J connectivity index is 2.04. The molecule has 3 heterocycles. The highest BCUT2D eigenvalue weighted by molar-refractivity contribution is 5.57. The van der Waals surface area contributed by atoms with Gasteiger partial charge in [0, 0.05) is 19.3 Å². The lowest BCUT2D eigenvalue weighted by Gasteiger charge is -2.24. The van der Waals surface area contributed by atoms with Crippen LogP contribution in [0.3, 0.4) is 0 Å². The summed E-state index contributed by atoms with van der Waals surface area (Å²) >= 11 is 0. The summed E-state index contributed by atoms with van der Waals surface area (Å²) in [4.78, 5) is 7.05. The molecule has 0 spiro atoms. The summed E-state index contributed by atoms with van der Waals surface area (Å²) < 4.78 is 2.14. The Morgan fingerprint density at radius 1 is 1.45 bits per heavy atom. The zero-order valence-corrected chi connectivity index (χ0v) is 11.9. The largest absolute Gasteiger partial charge is 0.394 e. The predicted octanol–water partition coefficient (Wildman–Crippen LogP) is 1.40. The Morgan fingerprint density at radius 2 is 2.35 bits per heavy atom. The first-order valence-corrected chi connectivity index (χ1v) is 7.39. The Kier molecular flexibility index (Phi) is 3.89. The molecule has 0 amide bonds. The first kappa shape index (κ1) is 13.4. The molecule has 1 saturated heterocycles. The fourth-order valence-corrected chi connectivity index (χ4v) is 2.98. The van der Waals surface area contributed by atoms with Crippen molar-refractivity contribution in [2.45, 2.75) is 32.4 Å². The van der Waals surface area contributed by atoms with Crippen LogP contribution in [0.5, 0.6) is 0 Å². The molecule has 1 aliphatic rings. The van der Waals surface area contributed by atoms with E-state index in [-0.39, 0.29) is 12.6 Å². The van der Waals surface area contributed by atoms with Gasteiger partial charge in [-0.05, 0) is 31.5 Å². The Hall–Kier alpha value is -1.59. The molecule has 5 heteroatoms. The number of hydrogen-bond acceptors (Lipinski definition) is 4. The lowest BCUT2D eigenvalue weighted by molar-refractivity contribution is 0.266. The summed E-state index contributed by atoms with van der Waals surface area (Å²) in [6.07, 6.45) is 4.23. The lowest BCUT2D eigenvalue weighted by Crippen LogP contribution is -2.33. The number of fused-ring (bicyclic) bond motifs is 1. The summed E-state index contributed by atoms with van der Waals surface area (Å²) in [5, 5.41) is 12.9. The Morgan fingerprint density at radius 3 is 3.15 bits per heavy atom. The van der Waals surface area contributed by atoms with Gasteiger partial charge in [0.15, 0.2) is 5.82 Å². The minimum Gasteiger partial charge on any atom is -0.394 e. The molecule has 3 rings (SSSR count). The molecule has 2 aromatic rings. The van der Waals surface area contributed by atoms with E-state index in [1.807, 2.05) is 18.2 Å². The van der Waals surface area contributed by atoms with Crippen LogP contribution in [0.1, 0.15) is 25.5 Å². The van der Waals surface area contributed by atoms with Crippen LogP contribution >= 0.6 is 0 Å². The molecule has 0 saturated carbocycles. The van der Waals surface area contributed by atoms with E-state index in [9.17, 15) is 5.11 Å². The molecule has 1 unspecified atom stereocenters. The van der Waals surface area contributed by atoms with Crippen molar-refractivity contribution in [2.75, 3.05) is 24.6 Å². The van der Waals surface area contributed by atoms with Crippen LogP contribution in [-0.2, 0) is 6.54 Å². The zero-order valence-electron chi connectivity index (χ0n) is 11.9. The highest BCUT2D eigenvalue weighted by atomic mass is 16.3. The zero-order chi connectivity index (χ0) is 13.9. The first-order valence-electron chi connectivity index (χ1n) is 7.39. The monoisotopic (exact) mass is 274 g/mol. The highest BCUT2D eigenvalue weighted by Crippen LogP contribution is 2.28. The van der Waals surface area contributed by atoms with Gasteiger partial charge in [0.05, 0.1) is 18.3 Å². The van der Waals surface area contributed by atoms with Gasteiger partial charge in [0.25, 0.3) is 0 Å². The van der Waals surface area contributed by atoms with E-state index in [0.717, 1.165) is 43.9 Å². The van der Waals surface area contributed by atoms with Gasteiger partial charge in [-0.25, -0.2) is 4.98 Å². The summed E-state index contributed by atoms with van der Waals surface area (Å²) in [5.41, 5.74) is 2.15. The van der Waals surface area contributed by atoms with Crippen molar-refractivity contribution >= 4 is 11.5 Å². The Bertz CT molecular complexity index is 580. The number of imidazole rings is 1. The van der Waals surface area contributed by atoms with Gasteiger partial charge < -0.3 is 19.7 Å². The van der Waals surface area contributed by atoms with Crippen molar-refractivity contribution in [3.63, 3.8) is 0 Å². The van der Waals surface area contributed by atoms with Crippen LogP contribution < -0.4 is 10.2 Å². The van der Waals surface area contributed by atoms with Crippen molar-refractivity contribution in [1.29, 1.82) is 0 Å². The maximum Gasteiger partial charge on any atom is 0.152 e. The van der Waals surface area contributed by atoms with Crippen LogP contribution in [-0.4, -0.2) is 40.2 Å². The number of hydrogen-bond donors (Lipinski definition) is 2. The SMILES string of the molecule is CCNCc1c(N2CCCC2CO)nc2ccccn12. The summed E-state index contributed by atoms with van der Waals surface area (Å²) in [6.45, 7) is 5.02. The average molecular weight is 274 g/mol. The van der Waals surface area contributed by atoms with Gasteiger partial charge >= 0.3 is 0 Å². The van der Waals surface area contributed by atoms with Crippen LogP contribution in [0.4, 0.5) is 5.82 Å². The maximum absolute atomic E-state index is 9.55. The van der Waals surface area contributed by atoms with Crippen molar-refractivity contribution < 1.29 is 5.11 Å². The molecule has 108 valence electrons. The van der Waals surface area contributed by atoms with Crippen molar-refractivity contribution in [3.05, 3.63) is 30.1 Å². The smallest absolute Gasteiger partial charge is 0.152 e. The number of nitrogens with zero attached hydrogens (tertiary/aromatic N) is 3. The highest BCUT2D eigenvalue weighted by Gasteiger charge is 2.28. The van der Waals surface area contributed by atoms with Gasteiger partial charge in [-0.2, -0.15) is 0 Å². The average Bonchev–Trinajstić information content (AvgIpc) is 3.08. The van der Waals surface area contributed by atoms with Crippen LogP contribution in [0.25, 0.3) is 5.65 Å². The van der Waals surface area contributed by atoms with E-state index in [2.05, 4.69) is 27.7 Å². The van der Waals surface area contributed by atoms with Gasteiger partial charge in [-0.3, -0.25) is 0 Å². The van der Waals surface area contributed by atoms with Crippen molar-refractivity contribution in [1.82, 2.24) is 14.7 Å². The number of aliphatic hydroxyl groups is 1. The maximum atomic E-state index is 9.55. The van der Waals surface area contributed by atoms with Gasteiger partial charge in [-0.1, -0.05) is 13.0 Å². The quantitative estimate of drug-likeness (QED) is 0.865. The van der Waals surface area contributed by atoms with Gasteiger partial charge in [0.2, 0.25) is 0 Å². The molecule has 1 aliphatic heterocycles. The number of anilines is 1. The molecule has 5 nitrogen and oxygen atoms in total. The molecule has 0 radical (unpaired) electrons. The van der Waals surface area contributed by atoms with Crippen LogP contribution in [0.15, 0.2) is 24.4 Å². The normalized spacial score (nSPS) is 19.1. The molecule has 0 aliphatic carbocycles. The number of rotatable bonds is 5. The fourth-order valence-electron chi connectivity index (χ4n) is 2.98. The molecule has 20 heavy (non-hydrogen) atoms. The standard InChI is InChI=1S/C15H22N4O/c1-2-16-10-13-15(18-9-5-6-12(18)11-20)17-14-7-3-4-8-19(13)14/h3-4,7-8,12,16,20H,2,5-6,9-11H2,1H3. The topological polar surface area (TPSA) is 52.8 Å². The van der Waals surface area contributed by atoms with E-state index in [1.165, 1.54) is 5.69 Å². The van der Waals surface area contributed by atoms with E-state index in [0.29, 0.717) is 0 Å². The van der Waals surface area contributed by atoms with E-state index < -0.39 is 0 Å². The second-order valence-corrected chi connectivity index (χ2v) is 5.26. The molecule has 0 aromatic carbocycles. The number of pyridine rings is 1. The van der Waals surface area contributed by atoms with Gasteiger partial charge in [0.1, 0.15) is 5.65 Å². The molecule has 1 fully saturated rings. The minimum absolute atomic E-state index is 0.203. The molecule has 1 atom stereocenters. The van der Waals surface area contributed by atoms with E-state index in [1.54, 1.807) is 0 Å². The second-order valence-electron chi connectivity index (χ2n) is 5.26. The second kappa shape index (κ2) is 5.81. The lowest BCUT2D eigenvalue weighted by atomic mass is 10.2. The minimum atomic E-state index is 0.203. The van der Waals surface area contributed by atoms with Crippen LogP contribution in [0.2, 0.25) is 0 Å². The molecule has 2 N–H and O–H groups in total. The number of aromatic nitrogens is 2. The predicted molar refractivity (Wildman–Crippen MR) is 80.0 cm³/mol. The number of aliphatic hydroxyl groups excluding tert-OH is 1. The molecular formula is C15H22N4O. The third kappa shape index (κ3) is 2.27. The van der Waals surface area contributed by atoms with E-state index >= 15 is 0 Å².